The third kappa shape index (κ3) is 3.55. The van der Waals surface area contributed by atoms with E-state index < -0.39 is 12.1 Å². The summed E-state index contributed by atoms with van der Waals surface area (Å²) in [5.74, 6) is -0.356. The minimum absolute atomic E-state index is 0.511. The summed E-state index contributed by atoms with van der Waals surface area (Å²) < 4.78 is 6.17. The van der Waals surface area contributed by atoms with Crippen LogP contribution in [0.3, 0.4) is 0 Å². The highest BCUT2D eigenvalue weighted by atomic mass is 79.9. The van der Waals surface area contributed by atoms with Gasteiger partial charge in [-0.25, -0.2) is 4.79 Å². The molecule has 0 saturated heterocycles. The molecule has 3 nitrogen and oxygen atoms in total. The first-order valence-electron chi connectivity index (χ1n) is 4.79. The summed E-state index contributed by atoms with van der Waals surface area (Å²) in [6, 6.07) is 7.23. The number of carboxylic acids is 1. The van der Waals surface area contributed by atoms with Gasteiger partial charge < -0.3 is 9.84 Å². The van der Waals surface area contributed by atoms with Crippen molar-refractivity contribution in [1.29, 1.82) is 0 Å². The van der Waals surface area contributed by atoms with Crippen LogP contribution in [0.1, 0.15) is 19.8 Å². The number of carbonyl (C=O) groups is 1. The van der Waals surface area contributed by atoms with Crippen molar-refractivity contribution in [2.45, 2.75) is 25.9 Å². The van der Waals surface area contributed by atoms with E-state index >= 15 is 0 Å². The fraction of sp³-hybridized carbons (Fsp3) is 0.364. The molecule has 1 rings (SSSR count). The fourth-order valence-electron chi connectivity index (χ4n) is 1.19. The van der Waals surface area contributed by atoms with Crippen LogP contribution in [0.5, 0.6) is 5.75 Å². The van der Waals surface area contributed by atoms with Gasteiger partial charge in [-0.3, -0.25) is 0 Å². The minimum atomic E-state index is -0.924. The number of hydrogen-bond acceptors (Lipinski definition) is 2. The van der Waals surface area contributed by atoms with Crippen molar-refractivity contribution in [3.8, 4) is 5.75 Å². The molecule has 0 amide bonds. The minimum Gasteiger partial charge on any atom is -0.479 e. The van der Waals surface area contributed by atoms with Crippen molar-refractivity contribution in [3.05, 3.63) is 28.7 Å². The Kier molecular flexibility index (Phi) is 4.62. The highest BCUT2D eigenvalue weighted by Crippen LogP contribution is 2.25. The first-order chi connectivity index (χ1) is 7.15. The van der Waals surface area contributed by atoms with E-state index in [4.69, 9.17) is 9.84 Å². The Hall–Kier alpha value is -1.03. The van der Waals surface area contributed by atoms with Crippen LogP contribution >= 0.6 is 15.9 Å². The second-order valence-corrected chi connectivity index (χ2v) is 4.02. The molecule has 0 aliphatic carbocycles. The van der Waals surface area contributed by atoms with Gasteiger partial charge in [-0.2, -0.15) is 0 Å². The third-order valence-corrected chi connectivity index (χ3v) is 2.59. The number of benzene rings is 1. The standard InChI is InChI=1S/C11H13BrO3/c1-2-5-10(11(13)14)15-9-7-4-3-6-8(9)12/h3-4,6-7,10H,2,5H2,1H3,(H,13,14). The first-order valence-corrected chi connectivity index (χ1v) is 5.58. The van der Waals surface area contributed by atoms with Gasteiger partial charge in [-0.1, -0.05) is 25.5 Å². The number of halogens is 1. The van der Waals surface area contributed by atoms with Crippen molar-refractivity contribution in [2.24, 2.45) is 0 Å². The summed E-state index contributed by atoms with van der Waals surface area (Å²) in [6.07, 6.45) is 0.520. The molecule has 0 saturated carbocycles. The molecule has 15 heavy (non-hydrogen) atoms. The van der Waals surface area contributed by atoms with Gasteiger partial charge in [0.2, 0.25) is 0 Å². The first kappa shape index (κ1) is 12.0. The van der Waals surface area contributed by atoms with E-state index in [1.54, 1.807) is 6.07 Å². The normalized spacial score (nSPS) is 12.1. The molecule has 0 aromatic heterocycles. The van der Waals surface area contributed by atoms with Crippen molar-refractivity contribution in [2.75, 3.05) is 0 Å². The average molecular weight is 273 g/mol. The Morgan fingerprint density at radius 1 is 1.53 bits per heavy atom. The molecular formula is C11H13BrO3. The Labute approximate surface area is 97.2 Å². The predicted molar refractivity (Wildman–Crippen MR) is 61.1 cm³/mol. The van der Waals surface area contributed by atoms with Gasteiger partial charge in [0, 0.05) is 0 Å². The molecule has 0 aliphatic heterocycles. The summed E-state index contributed by atoms with van der Waals surface area (Å²) in [5, 5.41) is 8.92. The molecular weight excluding hydrogens is 260 g/mol. The predicted octanol–water partition coefficient (Wildman–Crippen LogP) is 3.08. The third-order valence-electron chi connectivity index (χ3n) is 1.93. The van der Waals surface area contributed by atoms with Crippen LogP contribution in [-0.2, 0) is 4.79 Å². The van der Waals surface area contributed by atoms with E-state index in [2.05, 4.69) is 15.9 Å². The van der Waals surface area contributed by atoms with Crippen LogP contribution in [0.15, 0.2) is 28.7 Å². The van der Waals surface area contributed by atoms with E-state index in [0.29, 0.717) is 12.2 Å². The summed E-state index contributed by atoms with van der Waals surface area (Å²) in [5.41, 5.74) is 0. The Morgan fingerprint density at radius 3 is 2.73 bits per heavy atom. The summed E-state index contributed by atoms with van der Waals surface area (Å²) in [7, 11) is 0. The molecule has 0 fully saturated rings. The van der Waals surface area contributed by atoms with Gasteiger partial charge >= 0.3 is 5.97 Å². The smallest absolute Gasteiger partial charge is 0.344 e. The second kappa shape index (κ2) is 5.75. The van der Waals surface area contributed by atoms with Crippen LogP contribution in [-0.4, -0.2) is 17.2 Å². The van der Waals surface area contributed by atoms with Crippen LogP contribution in [0.25, 0.3) is 0 Å². The summed E-state index contributed by atoms with van der Waals surface area (Å²) in [6.45, 7) is 1.93. The monoisotopic (exact) mass is 272 g/mol. The lowest BCUT2D eigenvalue weighted by Gasteiger charge is -2.15. The maximum Gasteiger partial charge on any atom is 0.344 e. The van der Waals surface area contributed by atoms with E-state index in [9.17, 15) is 4.79 Å². The molecule has 1 N–H and O–H groups in total. The van der Waals surface area contributed by atoms with Crippen molar-refractivity contribution in [3.63, 3.8) is 0 Å². The van der Waals surface area contributed by atoms with Crippen LogP contribution in [0.2, 0.25) is 0 Å². The van der Waals surface area contributed by atoms with Crippen molar-refractivity contribution < 1.29 is 14.6 Å². The zero-order chi connectivity index (χ0) is 11.3. The summed E-state index contributed by atoms with van der Waals surface area (Å²) in [4.78, 5) is 10.9. The maximum atomic E-state index is 10.9. The van der Waals surface area contributed by atoms with E-state index in [0.717, 1.165) is 10.9 Å². The van der Waals surface area contributed by atoms with Gasteiger partial charge in [0.15, 0.2) is 6.10 Å². The zero-order valence-corrected chi connectivity index (χ0v) is 10.0. The molecule has 4 heteroatoms. The van der Waals surface area contributed by atoms with E-state index in [1.165, 1.54) is 0 Å². The highest BCUT2D eigenvalue weighted by Gasteiger charge is 2.18. The zero-order valence-electron chi connectivity index (χ0n) is 8.44. The molecule has 1 atom stereocenters. The molecule has 0 heterocycles. The number of carboxylic acid groups (broad SMARTS) is 1. The Morgan fingerprint density at radius 2 is 2.20 bits per heavy atom. The molecule has 0 radical (unpaired) electrons. The number of aliphatic carboxylic acids is 1. The van der Waals surface area contributed by atoms with Gasteiger partial charge in [-0.05, 0) is 34.5 Å². The second-order valence-electron chi connectivity index (χ2n) is 3.16. The molecule has 0 bridgehead atoms. The SMILES string of the molecule is CCCC(Oc1ccccc1Br)C(=O)O. The van der Waals surface area contributed by atoms with Gasteiger partial charge in [0.05, 0.1) is 4.47 Å². The molecule has 1 unspecified atom stereocenters. The van der Waals surface area contributed by atoms with Crippen molar-refractivity contribution >= 4 is 21.9 Å². The molecule has 1 aromatic carbocycles. The van der Waals surface area contributed by atoms with Gasteiger partial charge in [0.25, 0.3) is 0 Å². The molecule has 0 spiro atoms. The van der Waals surface area contributed by atoms with E-state index in [-0.39, 0.29) is 0 Å². The van der Waals surface area contributed by atoms with Crippen molar-refractivity contribution in [1.82, 2.24) is 0 Å². The Balaban J connectivity index is 2.74. The lowest BCUT2D eigenvalue weighted by molar-refractivity contribution is -0.145. The highest BCUT2D eigenvalue weighted by molar-refractivity contribution is 9.10. The quantitative estimate of drug-likeness (QED) is 0.896. The molecule has 82 valence electrons. The Bertz CT molecular complexity index is 338. The van der Waals surface area contributed by atoms with E-state index in [1.807, 2.05) is 25.1 Å². The number of ether oxygens (including phenoxy) is 1. The largest absolute Gasteiger partial charge is 0.479 e. The number of rotatable bonds is 5. The lowest BCUT2D eigenvalue weighted by Crippen LogP contribution is -2.26. The number of hydrogen-bond donors (Lipinski definition) is 1. The fourth-order valence-corrected chi connectivity index (χ4v) is 1.57. The topological polar surface area (TPSA) is 46.5 Å². The maximum absolute atomic E-state index is 10.9. The van der Waals surface area contributed by atoms with Crippen LogP contribution < -0.4 is 4.74 Å². The number of para-hydroxylation sites is 1. The van der Waals surface area contributed by atoms with Crippen LogP contribution in [0.4, 0.5) is 0 Å². The molecule has 1 aromatic rings. The average Bonchev–Trinajstić information content (AvgIpc) is 2.20. The van der Waals surface area contributed by atoms with Gasteiger partial charge in [0.1, 0.15) is 5.75 Å². The van der Waals surface area contributed by atoms with Crippen LogP contribution in [0, 0.1) is 0 Å². The lowest BCUT2D eigenvalue weighted by atomic mass is 10.2. The summed E-state index contributed by atoms with van der Waals surface area (Å²) >= 11 is 3.31. The molecule has 0 aliphatic rings. The van der Waals surface area contributed by atoms with Gasteiger partial charge in [-0.15, -0.1) is 0 Å².